The molecule has 0 saturated heterocycles. The van der Waals surface area contributed by atoms with E-state index in [1.807, 2.05) is 0 Å². The first-order valence-corrected chi connectivity index (χ1v) is 13.5. The van der Waals surface area contributed by atoms with Crippen LogP contribution >= 0.6 is 34.8 Å². The average molecular weight is 697 g/mol. The summed E-state index contributed by atoms with van der Waals surface area (Å²) in [5.41, 5.74) is -9.21. The molecule has 0 spiro atoms. The van der Waals surface area contributed by atoms with Crippen LogP contribution in [-0.2, 0) is 12.4 Å². The van der Waals surface area contributed by atoms with Gasteiger partial charge in [0.15, 0.2) is 5.70 Å². The van der Waals surface area contributed by atoms with Crippen molar-refractivity contribution in [2.75, 3.05) is 22.5 Å². The lowest BCUT2D eigenvalue weighted by Crippen LogP contribution is -2.57. The van der Waals surface area contributed by atoms with Crippen molar-refractivity contribution in [1.82, 2.24) is 0 Å². The summed E-state index contributed by atoms with van der Waals surface area (Å²) in [5.74, 6) is 0. The van der Waals surface area contributed by atoms with E-state index in [2.05, 4.69) is 16.0 Å². The third-order valence-electron chi connectivity index (χ3n) is 6.63. The summed E-state index contributed by atoms with van der Waals surface area (Å²) in [6, 6.07) is 15.0. The quantitative estimate of drug-likeness (QED) is 0.0674. The van der Waals surface area contributed by atoms with Crippen molar-refractivity contribution in [3.8, 4) is 0 Å². The van der Waals surface area contributed by atoms with Crippen LogP contribution in [0.4, 0.5) is 43.4 Å². The molecule has 0 amide bonds. The first-order valence-electron chi connectivity index (χ1n) is 12.4. The molecule has 9 nitrogen and oxygen atoms in total. The van der Waals surface area contributed by atoms with Crippen molar-refractivity contribution >= 4 is 51.9 Å². The maximum absolute atomic E-state index is 13.8. The summed E-state index contributed by atoms with van der Waals surface area (Å²) in [5, 5.41) is 30.3. The number of para-hydroxylation sites is 2. The largest absolute Gasteiger partial charge is 0.537 e. The summed E-state index contributed by atoms with van der Waals surface area (Å²) in [6.07, 6.45) is -9.86. The molecule has 3 N–H and O–H groups in total. The van der Waals surface area contributed by atoms with Crippen LogP contribution in [0.1, 0.15) is 11.1 Å². The number of nitrogens with zero attached hydrogens (tertiary/aromatic N) is 2. The lowest BCUT2D eigenvalue weighted by Gasteiger charge is -2.38. The summed E-state index contributed by atoms with van der Waals surface area (Å²) >= 11 is 20.0. The fourth-order valence-electron chi connectivity index (χ4n) is 4.46. The number of nitrogens with one attached hydrogen (secondary N) is 3. The Morgan fingerprint density at radius 1 is 0.711 bits per heavy atom. The van der Waals surface area contributed by atoms with Gasteiger partial charge in [0.2, 0.25) is 5.03 Å². The van der Waals surface area contributed by atoms with Crippen LogP contribution in [0.5, 0.6) is 0 Å². The van der Waals surface area contributed by atoms with E-state index in [9.17, 15) is 46.6 Å². The molecule has 18 heteroatoms. The Bertz CT molecular complexity index is 1690. The molecule has 0 radical (unpaired) electrons. The number of alkyl halides is 7. The maximum Gasteiger partial charge on any atom is 0.537 e. The maximum atomic E-state index is 13.8. The van der Waals surface area contributed by atoms with Crippen molar-refractivity contribution in [3.05, 3.63) is 132 Å². The molecule has 0 saturated carbocycles. The zero-order valence-electron chi connectivity index (χ0n) is 22.1. The molecule has 1 atom stereocenters. The van der Waals surface area contributed by atoms with E-state index >= 15 is 0 Å². The Labute approximate surface area is 264 Å². The van der Waals surface area contributed by atoms with Crippen LogP contribution in [0, 0.1) is 20.2 Å². The SMILES string of the molecule is O=[N+]([O-])C1([N+](=O)[O-])C(Cl)=C(Nc2cccc(C(F)(F)F)c2)C(Cl)(CNc2ccccc2)C(Cl)=C1Nc1ccccc1C(F)(F)F. The fourth-order valence-corrected chi connectivity index (χ4v) is 5.59. The lowest BCUT2D eigenvalue weighted by molar-refractivity contribution is -0.770. The molecule has 238 valence electrons. The minimum atomic E-state index is -5.03. The highest BCUT2D eigenvalue weighted by atomic mass is 35.5. The van der Waals surface area contributed by atoms with Gasteiger partial charge < -0.3 is 16.0 Å². The van der Waals surface area contributed by atoms with Crippen molar-refractivity contribution in [2.45, 2.75) is 22.9 Å². The predicted molar refractivity (Wildman–Crippen MR) is 156 cm³/mol. The molecule has 3 aromatic carbocycles. The second-order valence-corrected chi connectivity index (χ2v) is 10.9. The van der Waals surface area contributed by atoms with E-state index in [1.54, 1.807) is 30.3 Å². The van der Waals surface area contributed by atoms with Gasteiger partial charge in [0, 0.05) is 17.9 Å². The van der Waals surface area contributed by atoms with Gasteiger partial charge in [-0.3, -0.25) is 20.2 Å². The van der Waals surface area contributed by atoms with Crippen LogP contribution in [-0.4, -0.2) is 26.9 Å². The minimum Gasteiger partial charge on any atom is -0.382 e. The molecular formula is C27H18Cl3F6N5O4. The molecule has 0 aromatic heterocycles. The van der Waals surface area contributed by atoms with Crippen molar-refractivity contribution in [1.29, 1.82) is 0 Å². The van der Waals surface area contributed by atoms with Gasteiger partial charge in [0.25, 0.3) is 0 Å². The highest BCUT2D eigenvalue weighted by Crippen LogP contribution is 2.52. The Balaban J connectivity index is 2.00. The van der Waals surface area contributed by atoms with Crippen LogP contribution in [0.25, 0.3) is 0 Å². The molecule has 0 aliphatic heterocycles. The Hall–Kier alpha value is -4.21. The molecule has 0 bridgehead atoms. The molecule has 4 rings (SSSR count). The van der Waals surface area contributed by atoms with Gasteiger partial charge in [-0.05, 0) is 42.5 Å². The van der Waals surface area contributed by atoms with Crippen molar-refractivity contribution < 1.29 is 36.2 Å². The van der Waals surface area contributed by atoms with Gasteiger partial charge in [-0.2, -0.15) is 26.3 Å². The summed E-state index contributed by atoms with van der Waals surface area (Å²) in [7, 11) is 0. The van der Waals surface area contributed by atoms with Crippen molar-refractivity contribution in [3.63, 3.8) is 0 Å². The van der Waals surface area contributed by atoms with Gasteiger partial charge in [-0.25, -0.2) is 0 Å². The number of rotatable bonds is 9. The highest BCUT2D eigenvalue weighted by Gasteiger charge is 2.71. The molecule has 3 aromatic rings. The van der Waals surface area contributed by atoms with Gasteiger partial charge in [0.05, 0.1) is 27.5 Å². The molecule has 0 heterocycles. The first-order chi connectivity index (χ1) is 20.9. The van der Waals surface area contributed by atoms with Crippen molar-refractivity contribution in [2.24, 2.45) is 0 Å². The normalized spacial score (nSPS) is 18.4. The van der Waals surface area contributed by atoms with Gasteiger partial charge in [0.1, 0.15) is 14.7 Å². The van der Waals surface area contributed by atoms with E-state index < -0.39 is 83.2 Å². The topological polar surface area (TPSA) is 122 Å². The summed E-state index contributed by atoms with van der Waals surface area (Å²) in [4.78, 5) is 19.8. The Morgan fingerprint density at radius 3 is 1.87 bits per heavy atom. The zero-order chi connectivity index (χ0) is 33.4. The van der Waals surface area contributed by atoms with E-state index in [0.717, 1.165) is 36.4 Å². The Morgan fingerprint density at radius 2 is 1.29 bits per heavy atom. The van der Waals surface area contributed by atoms with Crippen LogP contribution in [0.2, 0.25) is 0 Å². The number of hydrogen-bond acceptors (Lipinski definition) is 7. The number of halogens is 9. The molecule has 45 heavy (non-hydrogen) atoms. The summed E-state index contributed by atoms with van der Waals surface area (Å²) < 4.78 is 81.9. The average Bonchev–Trinajstić information content (AvgIpc) is 2.97. The van der Waals surface area contributed by atoms with Gasteiger partial charge in [-0.15, -0.1) is 11.6 Å². The number of anilines is 3. The third kappa shape index (κ3) is 6.32. The molecular weight excluding hydrogens is 679 g/mol. The first kappa shape index (κ1) is 33.7. The van der Waals surface area contributed by atoms with E-state index in [-0.39, 0.29) is 0 Å². The van der Waals surface area contributed by atoms with E-state index in [0.29, 0.717) is 17.8 Å². The molecule has 1 aliphatic carbocycles. The second-order valence-electron chi connectivity index (χ2n) is 9.46. The fraction of sp³-hybridized carbons (Fsp3) is 0.185. The molecule has 0 fully saturated rings. The standard InChI is InChI=1S/C27H18Cl3F6N5O4/c28-20-23(39-19-12-5-4-11-18(19)27(34,35)36)25(40(42)43,41(44)45)21(29)22(24(20,30)14-37-16-8-2-1-3-9-16)38-17-10-6-7-15(13-17)26(31,32)33/h1-13,37-39H,14H2. The Kier molecular flexibility index (Phi) is 9.20. The lowest BCUT2D eigenvalue weighted by atomic mass is 9.87. The highest BCUT2D eigenvalue weighted by molar-refractivity contribution is 6.43. The molecule has 1 unspecified atom stereocenters. The third-order valence-corrected chi connectivity index (χ3v) is 8.20. The van der Waals surface area contributed by atoms with E-state index in [4.69, 9.17) is 34.8 Å². The van der Waals surface area contributed by atoms with E-state index in [1.165, 1.54) is 0 Å². The second kappa shape index (κ2) is 12.3. The van der Waals surface area contributed by atoms with Gasteiger partial charge >= 0.3 is 18.0 Å². The number of nitro groups is 2. The molecule has 1 aliphatic rings. The van der Waals surface area contributed by atoms with Crippen LogP contribution in [0.3, 0.4) is 0 Å². The monoisotopic (exact) mass is 695 g/mol. The zero-order valence-corrected chi connectivity index (χ0v) is 24.4. The van der Waals surface area contributed by atoms with Crippen LogP contribution < -0.4 is 16.0 Å². The predicted octanol–water partition coefficient (Wildman–Crippen LogP) is 8.50. The number of hydrogen-bond donors (Lipinski definition) is 3. The summed E-state index contributed by atoms with van der Waals surface area (Å²) in [6.45, 7) is -0.577. The minimum absolute atomic E-state index is 0.383. The van der Waals surface area contributed by atoms with Crippen LogP contribution in [0.15, 0.2) is 100 Å². The number of benzene rings is 3. The smallest absolute Gasteiger partial charge is 0.382 e. The van der Waals surface area contributed by atoms with Gasteiger partial charge in [-0.1, -0.05) is 59.6 Å².